The quantitative estimate of drug-likeness (QED) is 0.625. The molecule has 144 valence electrons. The van der Waals surface area contributed by atoms with Crippen LogP contribution in [0.3, 0.4) is 0 Å². The Hall–Kier alpha value is -3.48. The molecule has 0 aliphatic rings. The molecule has 0 aliphatic carbocycles. The monoisotopic (exact) mass is 376 g/mol. The van der Waals surface area contributed by atoms with E-state index < -0.39 is 0 Å². The Kier molecular flexibility index (Phi) is 6.51. The smallest absolute Gasteiger partial charge is 0.276 e. The van der Waals surface area contributed by atoms with Crippen molar-refractivity contribution in [3.63, 3.8) is 0 Å². The van der Waals surface area contributed by atoms with E-state index in [0.29, 0.717) is 12.4 Å². The van der Waals surface area contributed by atoms with Gasteiger partial charge in [0, 0.05) is 43.4 Å². The van der Waals surface area contributed by atoms with Crippen LogP contribution in [0, 0.1) is 0 Å². The van der Waals surface area contributed by atoms with E-state index in [2.05, 4.69) is 44.6 Å². The number of anilines is 3. The first kappa shape index (κ1) is 19.3. The summed E-state index contributed by atoms with van der Waals surface area (Å²) in [5, 5.41) is 14.1. The van der Waals surface area contributed by atoms with Gasteiger partial charge in [-0.05, 0) is 61.9 Å². The van der Waals surface area contributed by atoms with Crippen molar-refractivity contribution >= 4 is 23.1 Å². The summed E-state index contributed by atoms with van der Waals surface area (Å²) in [6, 6.07) is 15.0. The number of carbonyl (C=O) groups is 1. The van der Waals surface area contributed by atoms with Gasteiger partial charge in [-0.2, -0.15) is 0 Å². The van der Waals surface area contributed by atoms with Gasteiger partial charge in [0.25, 0.3) is 5.91 Å². The molecule has 2 aromatic heterocycles. The number of benzene rings is 1. The van der Waals surface area contributed by atoms with Gasteiger partial charge in [-0.15, -0.1) is 10.2 Å². The van der Waals surface area contributed by atoms with Crippen LogP contribution >= 0.6 is 0 Å². The molecule has 3 rings (SSSR count). The number of rotatable bonds is 8. The lowest BCUT2D eigenvalue weighted by Gasteiger charge is -2.21. The Labute approximate surface area is 164 Å². The van der Waals surface area contributed by atoms with E-state index >= 15 is 0 Å². The first-order valence-electron chi connectivity index (χ1n) is 9.32. The van der Waals surface area contributed by atoms with Crippen LogP contribution in [0.15, 0.2) is 60.9 Å². The molecule has 0 spiro atoms. The highest BCUT2D eigenvalue weighted by atomic mass is 16.1. The lowest BCUT2D eigenvalue weighted by molar-refractivity contribution is 0.102. The Morgan fingerprint density at radius 1 is 1.00 bits per heavy atom. The Balaban J connectivity index is 1.57. The third-order valence-corrected chi connectivity index (χ3v) is 4.35. The lowest BCUT2D eigenvalue weighted by atomic mass is 10.2. The molecule has 0 saturated heterocycles. The van der Waals surface area contributed by atoms with Crippen LogP contribution in [-0.4, -0.2) is 34.2 Å². The highest BCUT2D eigenvalue weighted by Gasteiger charge is 2.09. The molecule has 7 nitrogen and oxygen atoms in total. The highest BCUT2D eigenvalue weighted by molar-refractivity contribution is 6.02. The molecule has 1 amide bonds. The molecule has 0 radical (unpaired) electrons. The first-order valence-corrected chi connectivity index (χ1v) is 9.32. The summed E-state index contributed by atoms with van der Waals surface area (Å²) in [4.78, 5) is 18.7. The SMILES string of the molecule is CCN(CC)c1ccc(NC(=O)c2ccc(NCc3cccnc3)nn2)cc1. The second kappa shape index (κ2) is 9.45. The molecule has 1 aromatic carbocycles. The number of carbonyl (C=O) groups excluding carboxylic acids is 1. The summed E-state index contributed by atoms with van der Waals surface area (Å²) < 4.78 is 0. The van der Waals surface area contributed by atoms with E-state index in [1.54, 1.807) is 24.5 Å². The van der Waals surface area contributed by atoms with Crippen LogP contribution in [0.1, 0.15) is 29.9 Å². The van der Waals surface area contributed by atoms with Crippen molar-refractivity contribution in [3.05, 3.63) is 72.2 Å². The summed E-state index contributed by atoms with van der Waals surface area (Å²) >= 11 is 0. The number of aromatic nitrogens is 3. The summed E-state index contributed by atoms with van der Waals surface area (Å²) in [7, 11) is 0. The topological polar surface area (TPSA) is 83.0 Å². The standard InChI is InChI=1S/C21H24N6O/c1-3-27(4-2)18-9-7-17(8-10-18)24-21(28)19-11-12-20(26-25-19)23-15-16-6-5-13-22-14-16/h5-14H,3-4,15H2,1-2H3,(H,23,26)(H,24,28). The maximum Gasteiger partial charge on any atom is 0.276 e. The lowest BCUT2D eigenvalue weighted by Crippen LogP contribution is -2.21. The molecule has 0 saturated carbocycles. The van der Waals surface area contributed by atoms with Gasteiger partial charge in [-0.25, -0.2) is 0 Å². The van der Waals surface area contributed by atoms with Gasteiger partial charge < -0.3 is 15.5 Å². The minimum atomic E-state index is -0.290. The van der Waals surface area contributed by atoms with Gasteiger partial charge in [0.2, 0.25) is 0 Å². The van der Waals surface area contributed by atoms with Crippen LogP contribution in [0.5, 0.6) is 0 Å². The van der Waals surface area contributed by atoms with Gasteiger partial charge >= 0.3 is 0 Å². The molecular weight excluding hydrogens is 352 g/mol. The average Bonchev–Trinajstić information content (AvgIpc) is 2.75. The zero-order chi connectivity index (χ0) is 19.8. The number of pyridine rings is 1. The van der Waals surface area contributed by atoms with Crippen LogP contribution in [0.25, 0.3) is 0 Å². The van der Waals surface area contributed by atoms with E-state index in [1.807, 2.05) is 36.4 Å². The van der Waals surface area contributed by atoms with Crippen molar-refractivity contribution in [2.75, 3.05) is 28.6 Å². The average molecular weight is 376 g/mol. The second-order valence-electron chi connectivity index (χ2n) is 6.19. The van der Waals surface area contributed by atoms with E-state index in [4.69, 9.17) is 0 Å². The Morgan fingerprint density at radius 3 is 2.39 bits per heavy atom. The highest BCUT2D eigenvalue weighted by Crippen LogP contribution is 2.18. The predicted octanol–water partition coefficient (Wildman–Crippen LogP) is 3.58. The summed E-state index contributed by atoms with van der Waals surface area (Å²) in [5.74, 6) is 0.311. The molecular formula is C21H24N6O. The normalized spacial score (nSPS) is 10.4. The molecule has 2 heterocycles. The summed E-state index contributed by atoms with van der Waals surface area (Å²) in [5.41, 5.74) is 3.16. The Morgan fingerprint density at radius 2 is 1.79 bits per heavy atom. The van der Waals surface area contributed by atoms with E-state index in [-0.39, 0.29) is 11.6 Å². The van der Waals surface area contributed by atoms with Crippen molar-refractivity contribution < 1.29 is 4.79 Å². The van der Waals surface area contributed by atoms with Gasteiger partial charge in [-0.1, -0.05) is 6.07 Å². The molecule has 0 unspecified atom stereocenters. The van der Waals surface area contributed by atoms with Crippen molar-refractivity contribution in [1.82, 2.24) is 15.2 Å². The number of amides is 1. The summed E-state index contributed by atoms with van der Waals surface area (Å²) in [6.45, 7) is 6.71. The van der Waals surface area contributed by atoms with E-state index in [1.165, 1.54) is 0 Å². The minimum absolute atomic E-state index is 0.264. The van der Waals surface area contributed by atoms with Crippen LogP contribution in [0.2, 0.25) is 0 Å². The zero-order valence-corrected chi connectivity index (χ0v) is 16.1. The Bertz CT molecular complexity index is 877. The van der Waals surface area contributed by atoms with Crippen molar-refractivity contribution in [2.45, 2.75) is 20.4 Å². The molecule has 7 heteroatoms. The van der Waals surface area contributed by atoms with Gasteiger partial charge in [0.05, 0.1) is 0 Å². The number of nitrogens with one attached hydrogen (secondary N) is 2. The fraction of sp³-hybridized carbons (Fsp3) is 0.238. The molecule has 0 fully saturated rings. The minimum Gasteiger partial charge on any atom is -0.372 e. The van der Waals surface area contributed by atoms with E-state index in [9.17, 15) is 4.79 Å². The summed E-state index contributed by atoms with van der Waals surface area (Å²) in [6.07, 6.45) is 3.52. The fourth-order valence-electron chi connectivity index (χ4n) is 2.78. The largest absolute Gasteiger partial charge is 0.372 e. The predicted molar refractivity (Wildman–Crippen MR) is 112 cm³/mol. The van der Waals surface area contributed by atoms with Crippen LogP contribution in [0.4, 0.5) is 17.2 Å². The van der Waals surface area contributed by atoms with Gasteiger partial charge in [-0.3, -0.25) is 9.78 Å². The van der Waals surface area contributed by atoms with Gasteiger partial charge in [0.15, 0.2) is 5.69 Å². The molecule has 3 aromatic rings. The number of hydrogen-bond donors (Lipinski definition) is 2. The number of nitrogens with zero attached hydrogens (tertiary/aromatic N) is 4. The molecule has 28 heavy (non-hydrogen) atoms. The second-order valence-corrected chi connectivity index (χ2v) is 6.19. The maximum atomic E-state index is 12.4. The van der Waals surface area contributed by atoms with E-state index in [0.717, 1.165) is 30.0 Å². The van der Waals surface area contributed by atoms with Crippen LogP contribution in [-0.2, 0) is 6.54 Å². The van der Waals surface area contributed by atoms with Crippen LogP contribution < -0.4 is 15.5 Å². The molecule has 0 aliphatic heterocycles. The van der Waals surface area contributed by atoms with Crippen molar-refractivity contribution in [2.24, 2.45) is 0 Å². The third kappa shape index (κ3) is 5.03. The maximum absolute atomic E-state index is 12.4. The third-order valence-electron chi connectivity index (χ3n) is 4.35. The molecule has 0 atom stereocenters. The first-order chi connectivity index (χ1) is 13.7. The zero-order valence-electron chi connectivity index (χ0n) is 16.1. The fourth-order valence-corrected chi connectivity index (χ4v) is 2.78. The number of hydrogen-bond acceptors (Lipinski definition) is 6. The van der Waals surface area contributed by atoms with Crippen molar-refractivity contribution in [3.8, 4) is 0 Å². The molecule has 0 bridgehead atoms. The van der Waals surface area contributed by atoms with Crippen molar-refractivity contribution in [1.29, 1.82) is 0 Å². The molecule has 2 N–H and O–H groups in total. The van der Waals surface area contributed by atoms with Gasteiger partial charge in [0.1, 0.15) is 5.82 Å².